The summed E-state index contributed by atoms with van der Waals surface area (Å²) < 4.78 is 7.78. The molecule has 5 rings (SSSR count). The minimum Gasteiger partial charge on any atom is -0.493 e. The second kappa shape index (κ2) is 12.7. The zero-order chi connectivity index (χ0) is 28.1. The van der Waals surface area contributed by atoms with Gasteiger partial charge in [0.1, 0.15) is 0 Å². The van der Waals surface area contributed by atoms with E-state index in [-0.39, 0.29) is 17.8 Å². The topological polar surface area (TPSA) is 93.6 Å². The SMILES string of the molecule is COCCCn1c(C2CCCN(C(=O)C[C@H](N)Cc3ccc(-c4ccc(O)nc4)cc3)C2)cc2ccc(C)cc21. The lowest BCUT2D eigenvalue weighted by atomic mass is 9.93. The Balaban J connectivity index is 1.22. The predicted molar refractivity (Wildman–Crippen MR) is 159 cm³/mol. The maximum Gasteiger partial charge on any atom is 0.224 e. The lowest BCUT2D eigenvalue weighted by Crippen LogP contribution is -2.42. The average Bonchev–Trinajstić information content (AvgIpc) is 3.31. The number of hydrogen-bond acceptors (Lipinski definition) is 5. The maximum atomic E-state index is 13.4. The van der Waals surface area contributed by atoms with Crippen molar-refractivity contribution >= 4 is 16.8 Å². The minimum absolute atomic E-state index is 0.00980. The number of fused-ring (bicyclic) bond motifs is 1. The molecule has 40 heavy (non-hydrogen) atoms. The van der Waals surface area contributed by atoms with Crippen molar-refractivity contribution < 1.29 is 14.6 Å². The number of hydrogen-bond donors (Lipinski definition) is 2. The second-order valence-corrected chi connectivity index (χ2v) is 11.1. The van der Waals surface area contributed by atoms with Crippen molar-refractivity contribution in [3.05, 3.63) is 83.7 Å². The van der Waals surface area contributed by atoms with Gasteiger partial charge in [0.05, 0.1) is 0 Å². The second-order valence-electron chi connectivity index (χ2n) is 11.1. The summed E-state index contributed by atoms with van der Waals surface area (Å²) in [6.45, 7) is 5.31. The van der Waals surface area contributed by atoms with Gasteiger partial charge >= 0.3 is 0 Å². The fourth-order valence-corrected chi connectivity index (χ4v) is 5.90. The number of carbonyl (C=O) groups excluding carboxylic acids is 1. The number of benzene rings is 2. The summed E-state index contributed by atoms with van der Waals surface area (Å²) in [5.41, 5.74) is 13.4. The number of nitrogens with two attached hydrogens (primary N) is 1. The Morgan fingerprint density at radius 2 is 1.93 bits per heavy atom. The van der Waals surface area contributed by atoms with Crippen molar-refractivity contribution in [1.29, 1.82) is 0 Å². The van der Waals surface area contributed by atoms with Gasteiger partial charge in [-0.2, -0.15) is 0 Å². The number of carbonyl (C=O) groups is 1. The summed E-state index contributed by atoms with van der Waals surface area (Å²) in [5.74, 6) is 0.462. The van der Waals surface area contributed by atoms with E-state index in [2.05, 4.69) is 40.7 Å². The molecule has 7 nitrogen and oxygen atoms in total. The molecule has 1 unspecified atom stereocenters. The van der Waals surface area contributed by atoms with Crippen molar-refractivity contribution in [2.75, 3.05) is 26.8 Å². The van der Waals surface area contributed by atoms with Crippen LogP contribution in [0.4, 0.5) is 0 Å². The standard InChI is InChI=1S/C33H40N4O3/c1-23-6-9-26-19-31(37(30(26)17-23)15-4-16-40-2)28-5-3-14-36(22-28)33(39)20-29(34)18-24-7-10-25(11-8-24)27-12-13-32(38)35-21-27/h6-13,17,19,21,28-29H,3-5,14-16,18,20,22,34H2,1-2H3,(H,35,38)/t28?,29-/m1/s1. The molecule has 1 fully saturated rings. The van der Waals surface area contributed by atoms with Crippen molar-refractivity contribution in [3.63, 3.8) is 0 Å². The van der Waals surface area contributed by atoms with Crippen LogP contribution >= 0.6 is 0 Å². The van der Waals surface area contributed by atoms with Crippen molar-refractivity contribution in [3.8, 4) is 17.0 Å². The van der Waals surface area contributed by atoms with E-state index in [0.717, 1.165) is 62.2 Å². The zero-order valence-corrected chi connectivity index (χ0v) is 23.6. The van der Waals surface area contributed by atoms with Crippen LogP contribution in [0.2, 0.25) is 0 Å². The summed E-state index contributed by atoms with van der Waals surface area (Å²) in [4.78, 5) is 19.3. The zero-order valence-electron chi connectivity index (χ0n) is 23.6. The first kappa shape index (κ1) is 27.9. The molecule has 2 atom stereocenters. The summed E-state index contributed by atoms with van der Waals surface area (Å²) >= 11 is 0. The lowest BCUT2D eigenvalue weighted by Gasteiger charge is -2.34. The molecule has 0 aliphatic carbocycles. The lowest BCUT2D eigenvalue weighted by molar-refractivity contribution is -0.132. The van der Waals surface area contributed by atoms with E-state index in [1.54, 1.807) is 19.4 Å². The number of ether oxygens (including phenoxy) is 1. The highest BCUT2D eigenvalue weighted by molar-refractivity contribution is 5.82. The largest absolute Gasteiger partial charge is 0.493 e. The number of methoxy groups -OCH3 is 1. The molecule has 2 aromatic heterocycles. The van der Waals surface area contributed by atoms with Crippen LogP contribution in [-0.4, -0.2) is 58.3 Å². The van der Waals surface area contributed by atoms with Gasteiger partial charge in [0, 0.05) is 80.8 Å². The molecule has 0 radical (unpaired) electrons. The van der Waals surface area contributed by atoms with Crippen LogP contribution in [-0.2, 0) is 22.5 Å². The highest BCUT2D eigenvalue weighted by Crippen LogP contribution is 2.33. The first-order valence-corrected chi connectivity index (χ1v) is 14.3. The van der Waals surface area contributed by atoms with Crippen molar-refractivity contribution in [1.82, 2.24) is 14.5 Å². The normalized spacial score (nSPS) is 16.4. The third kappa shape index (κ3) is 6.54. The van der Waals surface area contributed by atoms with Crippen LogP contribution in [0, 0.1) is 6.92 Å². The van der Waals surface area contributed by atoms with Gasteiger partial charge in [-0.05, 0) is 72.9 Å². The molecule has 3 heterocycles. The highest BCUT2D eigenvalue weighted by atomic mass is 16.5. The minimum atomic E-state index is -0.238. The number of rotatable bonds is 10. The monoisotopic (exact) mass is 540 g/mol. The van der Waals surface area contributed by atoms with E-state index in [1.807, 2.05) is 35.2 Å². The third-order valence-corrected chi connectivity index (χ3v) is 7.98. The maximum absolute atomic E-state index is 13.4. The smallest absolute Gasteiger partial charge is 0.224 e. The molecule has 0 spiro atoms. The molecule has 210 valence electrons. The Morgan fingerprint density at radius 3 is 2.67 bits per heavy atom. The molecule has 4 aromatic rings. The van der Waals surface area contributed by atoms with Crippen LogP contribution < -0.4 is 5.73 Å². The summed E-state index contributed by atoms with van der Waals surface area (Å²) in [6, 6.07) is 20.3. The predicted octanol–water partition coefficient (Wildman–Crippen LogP) is 5.42. The molecule has 1 aliphatic heterocycles. The van der Waals surface area contributed by atoms with E-state index in [9.17, 15) is 9.90 Å². The number of aromatic nitrogens is 2. The summed E-state index contributed by atoms with van der Waals surface area (Å²) in [6.07, 6.45) is 5.67. The molecule has 3 N–H and O–H groups in total. The fourth-order valence-electron chi connectivity index (χ4n) is 5.90. The van der Waals surface area contributed by atoms with Gasteiger partial charge in [-0.1, -0.05) is 36.4 Å². The van der Waals surface area contributed by atoms with E-state index in [4.69, 9.17) is 10.5 Å². The number of amides is 1. The van der Waals surface area contributed by atoms with Crippen molar-refractivity contribution in [2.24, 2.45) is 5.73 Å². The van der Waals surface area contributed by atoms with Gasteiger partial charge in [-0.25, -0.2) is 4.98 Å². The van der Waals surface area contributed by atoms with Gasteiger partial charge in [0.15, 0.2) is 0 Å². The fraction of sp³-hybridized carbons (Fsp3) is 0.394. The number of pyridine rings is 1. The Hall–Kier alpha value is -3.68. The Morgan fingerprint density at radius 1 is 1.12 bits per heavy atom. The molecule has 2 aromatic carbocycles. The molecule has 0 saturated carbocycles. The molecular weight excluding hydrogens is 500 g/mol. The van der Waals surface area contributed by atoms with Crippen LogP contribution in [0.25, 0.3) is 22.0 Å². The molecular formula is C33H40N4O3. The quantitative estimate of drug-likeness (QED) is 0.262. The third-order valence-electron chi connectivity index (χ3n) is 7.98. The van der Waals surface area contributed by atoms with Gasteiger partial charge in [-0.15, -0.1) is 0 Å². The van der Waals surface area contributed by atoms with E-state index in [0.29, 0.717) is 18.8 Å². The summed E-state index contributed by atoms with van der Waals surface area (Å²) in [5, 5.41) is 10.7. The Kier molecular flexibility index (Phi) is 8.82. The van der Waals surface area contributed by atoms with Crippen LogP contribution in [0.1, 0.15) is 48.4 Å². The van der Waals surface area contributed by atoms with Crippen LogP contribution in [0.5, 0.6) is 5.88 Å². The highest BCUT2D eigenvalue weighted by Gasteiger charge is 2.28. The summed E-state index contributed by atoms with van der Waals surface area (Å²) in [7, 11) is 1.75. The van der Waals surface area contributed by atoms with Gasteiger partial charge in [0.25, 0.3) is 0 Å². The number of nitrogens with zero attached hydrogens (tertiary/aromatic N) is 3. The van der Waals surface area contributed by atoms with Crippen LogP contribution in [0.3, 0.4) is 0 Å². The van der Waals surface area contributed by atoms with Gasteiger partial charge in [0.2, 0.25) is 11.8 Å². The Bertz CT molecular complexity index is 1430. The Labute approximate surface area is 236 Å². The van der Waals surface area contributed by atoms with E-state index < -0.39 is 0 Å². The number of likely N-dealkylation sites (tertiary alicyclic amines) is 1. The molecule has 7 heteroatoms. The number of aryl methyl sites for hydroxylation is 2. The van der Waals surface area contributed by atoms with Crippen molar-refractivity contribution in [2.45, 2.75) is 57.5 Å². The average molecular weight is 541 g/mol. The van der Waals surface area contributed by atoms with Gasteiger partial charge < -0.3 is 25.0 Å². The first-order valence-electron chi connectivity index (χ1n) is 14.3. The molecule has 0 bridgehead atoms. The molecule has 1 amide bonds. The van der Waals surface area contributed by atoms with E-state index in [1.165, 1.54) is 22.2 Å². The number of piperidine rings is 1. The molecule has 1 saturated heterocycles. The first-order chi connectivity index (χ1) is 19.4. The molecule has 1 aliphatic rings. The van der Waals surface area contributed by atoms with Gasteiger partial charge in [-0.3, -0.25) is 4.79 Å². The van der Waals surface area contributed by atoms with Crippen LogP contribution in [0.15, 0.2) is 66.9 Å². The van der Waals surface area contributed by atoms with E-state index >= 15 is 0 Å². The number of aromatic hydroxyl groups is 1.